The Kier molecular flexibility index (Phi) is 5.58. The predicted molar refractivity (Wildman–Crippen MR) is 122 cm³/mol. The summed E-state index contributed by atoms with van der Waals surface area (Å²) in [6, 6.07) is 13.4. The normalized spacial score (nSPS) is 18.5. The van der Waals surface area contributed by atoms with Crippen LogP contribution in [-0.4, -0.2) is 19.1 Å². The first-order chi connectivity index (χ1) is 14.7. The molecule has 6 nitrogen and oxygen atoms in total. The molecular weight excluding hydrogens is 417 g/mol. The minimum Gasteiger partial charge on any atom is -0.508 e. The van der Waals surface area contributed by atoms with Gasteiger partial charge >= 0.3 is 0 Å². The minimum absolute atomic E-state index is 0.0833. The number of hydrogen-bond donors (Lipinski definition) is 3. The molecule has 0 aliphatic heterocycles. The number of phenolic OH excluding ortho intramolecular Hbond substituents is 1. The lowest BCUT2D eigenvalue weighted by molar-refractivity contribution is 0.474. The predicted octanol–water partition coefficient (Wildman–Crippen LogP) is 4.22. The van der Waals surface area contributed by atoms with E-state index >= 15 is 0 Å². The molecule has 0 bridgehead atoms. The van der Waals surface area contributed by atoms with E-state index in [9.17, 15) is 18.5 Å². The Balaban J connectivity index is 1.61. The summed E-state index contributed by atoms with van der Waals surface area (Å²) in [6.07, 6.45) is 0.725. The third kappa shape index (κ3) is 4.34. The molecule has 0 radical (unpaired) electrons. The Labute approximate surface area is 182 Å². The van der Waals surface area contributed by atoms with Gasteiger partial charge in [0.15, 0.2) is 0 Å². The van der Waals surface area contributed by atoms with Gasteiger partial charge in [-0.15, -0.1) is 0 Å². The maximum atomic E-state index is 14.4. The highest BCUT2D eigenvalue weighted by Gasteiger charge is 2.43. The fourth-order valence-electron chi connectivity index (χ4n) is 3.67. The lowest BCUT2D eigenvalue weighted by atomic mass is 10.1. The molecule has 0 amide bonds. The Hall–Kier alpha value is -3.13. The SMILES string of the molecule is Cc1ccc(Nc2c(NS(=O)C3CC3c3cccc(O)c3)cc(C)c(=O)n2C)c(F)c1. The molecule has 31 heavy (non-hydrogen) atoms. The lowest BCUT2D eigenvalue weighted by Gasteiger charge is -2.18. The number of nitrogens with zero attached hydrogens (tertiary/aromatic N) is 1. The van der Waals surface area contributed by atoms with Crippen molar-refractivity contribution in [3.8, 4) is 5.75 Å². The first-order valence-corrected chi connectivity index (χ1v) is 11.2. The van der Waals surface area contributed by atoms with Crippen molar-refractivity contribution < 1.29 is 13.7 Å². The molecule has 3 atom stereocenters. The topological polar surface area (TPSA) is 83.4 Å². The molecule has 1 aliphatic rings. The van der Waals surface area contributed by atoms with Gasteiger partial charge in [0.2, 0.25) is 0 Å². The summed E-state index contributed by atoms with van der Waals surface area (Å²) < 4.78 is 31.8. The van der Waals surface area contributed by atoms with Gasteiger partial charge in [0, 0.05) is 18.5 Å². The summed E-state index contributed by atoms with van der Waals surface area (Å²) in [4.78, 5) is 12.5. The van der Waals surface area contributed by atoms with Crippen LogP contribution in [0.25, 0.3) is 0 Å². The number of nitrogens with one attached hydrogen (secondary N) is 2. The smallest absolute Gasteiger partial charge is 0.254 e. The van der Waals surface area contributed by atoms with Crippen LogP contribution in [0.2, 0.25) is 0 Å². The number of aromatic nitrogens is 1. The molecule has 8 heteroatoms. The number of anilines is 3. The van der Waals surface area contributed by atoms with E-state index in [4.69, 9.17) is 0 Å². The van der Waals surface area contributed by atoms with Crippen LogP contribution in [0.15, 0.2) is 53.3 Å². The third-order valence-electron chi connectivity index (χ3n) is 5.49. The first kappa shape index (κ1) is 21.1. The van der Waals surface area contributed by atoms with E-state index in [0.29, 0.717) is 17.1 Å². The van der Waals surface area contributed by atoms with Crippen LogP contribution < -0.4 is 15.6 Å². The largest absolute Gasteiger partial charge is 0.508 e. The van der Waals surface area contributed by atoms with Crippen molar-refractivity contribution in [3.05, 3.63) is 81.4 Å². The number of aromatic hydroxyl groups is 1. The number of benzene rings is 2. The lowest BCUT2D eigenvalue weighted by Crippen LogP contribution is -2.24. The highest BCUT2D eigenvalue weighted by molar-refractivity contribution is 7.87. The van der Waals surface area contributed by atoms with Crippen molar-refractivity contribution in [3.63, 3.8) is 0 Å². The Morgan fingerprint density at radius 1 is 1.13 bits per heavy atom. The molecule has 1 heterocycles. The van der Waals surface area contributed by atoms with Crippen molar-refractivity contribution in [2.24, 2.45) is 7.05 Å². The van der Waals surface area contributed by atoms with E-state index in [2.05, 4.69) is 10.0 Å². The zero-order chi connectivity index (χ0) is 22.3. The van der Waals surface area contributed by atoms with Crippen molar-refractivity contribution in [2.45, 2.75) is 31.4 Å². The Bertz CT molecular complexity index is 1240. The van der Waals surface area contributed by atoms with Crippen molar-refractivity contribution in [1.82, 2.24) is 4.57 Å². The molecule has 1 aromatic heterocycles. The molecule has 0 saturated heterocycles. The number of pyridine rings is 1. The van der Waals surface area contributed by atoms with Crippen LogP contribution in [0.4, 0.5) is 21.6 Å². The van der Waals surface area contributed by atoms with E-state index < -0.39 is 16.8 Å². The standard InChI is InChI=1S/C23H24FN3O3S/c1-13-7-8-19(18(24)9-13)25-22-20(10-14(2)23(29)27(22)3)26-31(30)21-12-17(21)15-5-4-6-16(28)11-15/h4-11,17,21,25-26,28H,12H2,1-3H3. The maximum Gasteiger partial charge on any atom is 0.254 e. The first-order valence-electron chi connectivity index (χ1n) is 9.94. The summed E-state index contributed by atoms with van der Waals surface area (Å²) >= 11 is 0. The van der Waals surface area contributed by atoms with E-state index in [-0.39, 0.29) is 28.2 Å². The van der Waals surface area contributed by atoms with Gasteiger partial charge in [0.05, 0.1) is 16.6 Å². The van der Waals surface area contributed by atoms with E-state index in [1.807, 2.05) is 6.07 Å². The monoisotopic (exact) mass is 441 g/mol. The highest BCUT2D eigenvalue weighted by atomic mass is 32.2. The molecule has 162 valence electrons. The number of phenols is 1. The summed E-state index contributed by atoms with van der Waals surface area (Å²) in [5, 5.41) is 12.5. The van der Waals surface area contributed by atoms with Gasteiger partial charge in [-0.2, -0.15) is 0 Å². The van der Waals surface area contributed by atoms with Crippen LogP contribution in [0, 0.1) is 19.7 Å². The van der Waals surface area contributed by atoms with Gasteiger partial charge in [-0.3, -0.25) is 9.36 Å². The van der Waals surface area contributed by atoms with Crippen LogP contribution in [0.3, 0.4) is 0 Å². The molecule has 4 rings (SSSR count). The molecule has 0 spiro atoms. The van der Waals surface area contributed by atoms with E-state index in [1.54, 1.807) is 57.3 Å². The van der Waals surface area contributed by atoms with Crippen molar-refractivity contribution >= 4 is 28.2 Å². The number of halogens is 1. The van der Waals surface area contributed by atoms with Crippen LogP contribution in [0.5, 0.6) is 5.75 Å². The van der Waals surface area contributed by atoms with Crippen LogP contribution in [0.1, 0.15) is 29.0 Å². The molecule has 1 fully saturated rings. The zero-order valence-electron chi connectivity index (χ0n) is 17.5. The zero-order valence-corrected chi connectivity index (χ0v) is 18.3. The number of rotatable bonds is 6. The van der Waals surface area contributed by atoms with Gasteiger partial charge in [0.25, 0.3) is 5.56 Å². The quantitative estimate of drug-likeness (QED) is 0.535. The molecule has 3 N–H and O–H groups in total. The number of hydrogen-bond acceptors (Lipinski definition) is 4. The number of aryl methyl sites for hydroxylation is 2. The molecule has 1 aliphatic carbocycles. The molecule has 1 saturated carbocycles. The molecule has 2 aromatic carbocycles. The highest BCUT2D eigenvalue weighted by Crippen LogP contribution is 2.45. The van der Waals surface area contributed by atoms with Crippen molar-refractivity contribution in [1.29, 1.82) is 0 Å². The fourth-order valence-corrected chi connectivity index (χ4v) is 5.03. The second kappa shape index (κ2) is 8.19. The Morgan fingerprint density at radius 2 is 1.90 bits per heavy atom. The van der Waals surface area contributed by atoms with E-state index in [1.165, 1.54) is 10.6 Å². The van der Waals surface area contributed by atoms with Gasteiger partial charge in [0.1, 0.15) is 28.4 Å². The van der Waals surface area contributed by atoms with Crippen LogP contribution in [-0.2, 0) is 18.0 Å². The van der Waals surface area contributed by atoms with Gasteiger partial charge < -0.3 is 15.1 Å². The third-order valence-corrected chi connectivity index (χ3v) is 6.98. The average Bonchev–Trinajstić information content (AvgIpc) is 3.52. The molecule has 3 aromatic rings. The fraction of sp³-hybridized carbons (Fsp3) is 0.261. The average molecular weight is 442 g/mol. The molecular formula is C23H24FN3O3S. The second-order valence-corrected chi connectivity index (χ2v) is 9.34. The summed E-state index contributed by atoms with van der Waals surface area (Å²) in [5.41, 5.74) is 2.67. The molecule has 3 unspecified atom stereocenters. The van der Waals surface area contributed by atoms with Gasteiger partial charge in [-0.25, -0.2) is 8.60 Å². The van der Waals surface area contributed by atoms with Gasteiger partial charge in [-0.1, -0.05) is 18.2 Å². The van der Waals surface area contributed by atoms with E-state index in [0.717, 1.165) is 17.5 Å². The summed E-state index contributed by atoms with van der Waals surface area (Å²) in [5.74, 6) is 0.162. The minimum atomic E-state index is -1.43. The summed E-state index contributed by atoms with van der Waals surface area (Å²) in [6.45, 7) is 3.47. The summed E-state index contributed by atoms with van der Waals surface area (Å²) in [7, 11) is 0.158. The van der Waals surface area contributed by atoms with Crippen LogP contribution >= 0.6 is 0 Å². The maximum absolute atomic E-state index is 14.4. The Morgan fingerprint density at radius 3 is 2.61 bits per heavy atom. The second-order valence-electron chi connectivity index (χ2n) is 7.94. The van der Waals surface area contributed by atoms with Crippen molar-refractivity contribution in [2.75, 3.05) is 10.0 Å². The van der Waals surface area contributed by atoms with Gasteiger partial charge in [-0.05, 0) is 61.7 Å².